The first-order valence-electron chi connectivity index (χ1n) is 7.07. The van der Waals surface area contributed by atoms with Gasteiger partial charge in [0.1, 0.15) is 24.8 Å². The van der Waals surface area contributed by atoms with Gasteiger partial charge in [-0.25, -0.2) is 13.8 Å². The van der Waals surface area contributed by atoms with E-state index in [1.165, 1.54) is 11.3 Å². The van der Waals surface area contributed by atoms with Crippen LogP contribution in [0.5, 0.6) is 11.5 Å². The molecular weight excluding hydrogens is 338 g/mol. The molecule has 1 N–H and O–H groups in total. The number of nitrogens with one attached hydrogen (secondary N) is 1. The first-order chi connectivity index (χ1) is 11.6. The summed E-state index contributed by atoms with van der Waals surface area (Å²) in [6.45, 7) is 0.935. The Kier molecular flexibility index (Phi) is 3.53. The Balaban J connectivity index is 1.64. The number of carbonyl (C=O) groups excluding carboxylic acids is 1. The minimum Gasteiger partial charge on any atom is -0.486 e. The predicted molar refractivity (Wildman–Crippen MR) is 84.9 cm³/mol. The summed E-state index contributed by atoms with van der Waals surface area (Å²) in [5.74, 6) is -1.04. The number of amides is 1. The van der Waals surface area contributed by atoms with Gasteiger partial charge in [0.15, 0.2) is 16.6 Å². The highest BCUT2D eigenvalue weighted by molar-refractivity contribution is 7.22. The van der Waals surface area contributed by atoms with E-state index in [-0.39, 0.29) is 10.7 Å². The van der Waals surface area contributed by atoms with Crippen molar-refractivity contribution in [3.05, 3.63) is 47.5 Å². The van der Waals surface area contributed by atoms with Crippen molar-refractivity contribution in [1.82, 2.24) is 4.98 Å². The van der Waals surface area contributed by atoms with Crippen molar-refractivity contribution in [1.29, 1.82) is 0 Å². The Bertz CT molecular complexity index is 915. The van der Waals surface area contributed by atoms with Crippen LogP contribution < -0.4 is 14.8 Å². The third-order valence-electron chi connectivity index (χ3n) is 3.45. The Labute approximate surface area is 138 Å². The second kappa shape index (κ2) is 5.72. The summed E-state index contributed by atoms with van der Waals surface area (Å²) >= 11 is 1.21. The molecule has 0 saturated carbocycles. The molecule has 122 valence electrons. The van der Waals surface area contributed by atoms with Crippen LogP contribution in [0.1, 0.15) is 10.4 Å². The number of benzene rings is 2. The van der Waals surface area contributed by atoms with Crippen LogP contribution in [-0.2, 0) is 0 Å². The first-order valence-corrected chi connectivity index (χ1v) is 7.88. The van der Waals surface area contributed by atoms with Crippen molar-refractivity contribution in [3.63, 3.8) is 0 Å². The topological polar surface area (TPSA) is 60.5 Å². The molecule has 0 aliphatic carbocycles. The molecule has 0 bridgehead atoms. The van der Waals surface area contributed by atoms with Crippen molar-refractivity contribution in [3.8, 4) is 11.5 Å². The number of fused-ring (bicyclic) bond motifs is 2. The lowest BCUT2D eigenvalue weighted by molar-refractivity contribution is 0.102. The molecular formula is C16H10F2N2O3S. The quantitative estimate of drug-likeness (QED) is 0.769. The van der Waals surface area contributed by atoms with Gasteiger partial charge in [0.05, 0.1) is 15.8 Å². The molecule has 24 heavy (non-hydrogen) atoms. The Morgan fingerprint density at radius 1 is 1.12 bits per heavy atom. The summed E-state index contributed by atoms with van der Waals surface area (Å²) in [5.41, 5.74) is 0.250. The zero-order valence-electron chi connectivity index (χ0n) is 12.1. The van der Waals surface area contributed by atoms with Crippen LogP contribution in [0.4, 0.5) is 13.9 Å². The number of halogens is 2. The van der Waals surface area contributed by atoms with Crippen molar-refractivity contribution in [2.75, 3.05) is 18.5 Å². The van der Waals surface area contributed by atoms with Gasteiger partial charge >= 0.3 is 0 Å². The second-order valence-electron chi connectivity index (χ2n) is 5.06. The zero-order chi connectivity index (χ0) is 16.7. The normalized spacial score (nSPS) is 13.1. The third-order valence-corrected chi connectivity index (χ3v) is 4.38. The number of rotatable bonds is 2. The molecule has 1 aliphatic heterocycles. The molecule has 1 aliphatic rings. The molecule has 0 atom stereocenters. The monoisotopic (exact) mass is 348 g/mol. The van der Waals surface area contributed by atoms with Crippen LogP contribution in [0.25, 0.3) is 10.2 Å². The van der Waals surface area contributed by atoms with E-state index in [0.717, 1.165) is 22.9 Å². The third kappa shape index (κ3) is 2.65. The van der Waals surface area contributed by atoms with Gasteiger partial charge in [-0.2, -0.15) is 0 Å². The van der Waals surface area contributed by atoms with E-state index in [1.54, 1.807) is 12.1 Å². The second-order valence-corrected chi connectivity index (χ2v) is 6.09. The van der Waals surface area contributed by atoms with Crippen LogP contribution >= 0.6 is 11.3 Å². The highest BCUT2D eigenvalue weighted by Crippen LogP contribution is 2.37. The van der Waals surface area contributed by atoms with Gasteiger partial charge in [-0.15, -0.1) is 0 Å². The van der Waals surface area contributed by atoms with Crippen LogP contribution in [0.2, 0.25) is 0 Å². The molecule has 1 aromatic heterocycles. The van der Waals surface area contributed by atoms with Crippen molar-refractivity contribution >= 4 is 32.6 Å². The fraction of sp³-hybridized carbons (Fsp3) is 0.125. The SMILES string of the molecule is O=C(Nc1nc2cc3c(cc2s1)OCCO3)c1cc(F)ccc1F. The van der Waals surface area contributed by atoms with Crippen LogP contribution in [0, 0.1) is 11.6 Å². The Morgan fingerprint density at radius 3 is 2.67 bits per heavy atom. The largest absolute Gasteiger partial charge is 0.486 e. The van der Waals surface area contributed by atoms with E-state index < -0.39 is 17.5 Å². The van der Waals surface area contributed by atoms with E-state index in [0.29, 0.717) is 30.2 Å². The highest BCUT2D eigenvalue weighted by Gasteiger charge is 2.18. The van der Waals surface area contributed by atoms with Gasteiger partial charge in [-0.3, -0.25) is 10.1 Å². The fourth-order valence-corrected chi connectivity index (χ4v) is 3.23. The number of anilines is 1. The summed E-state index contributed by atoms with van der Waals surface area (Å²) in [7, 11) is 0. The van der Waals surface area contributed by atoms with Crippen molar-refractivity contribution in [2.24, 2.45) is 0 Å². The van der Waals surface area contributed by atoms with Gasteiger partial charge in [-0.05, 0) is 18.2 Å². The Morgan fingerprint density at radius 2 is 1.88 bits per heavy atom. The Hall–Kier alpha value is -2.74. The lowest BCUT2D eigenvalue weighted by Gasteiger charge is -2.17. The van der Waals surface area contributed by atoms with E-state index >= 15 is 0 Å². The van der Waals surface area contributed by atoms with Gasteiger partial charge in [-0.1, -0.05) is 11.3 Å². The molecule has 5 nitrogen and oxygen atoms in total. The minimum absolute atomic E-state index is 0.279. The fourth-order valence-electron chi connectivity index (χ4n) is 2.35. The molecule has 2 heterocycles. The summed E-state index contributed by atoms with van der Waals surface area (Å²) in [4.78, 5) is 16.4. The number of hydrogen-bond acceptors (Lipinski definition) is 5. The van der Waals surface area contributed by atoms with Crippen molar-refractivity contribution < 1.29 is 23.0 Å². The molecule has 0 spiro atoms. The summed E-state index contributed by atoms with van der Waals surface area (Å²) in [5, 5.41) is 2.77. The standard InChI is InChI=1S/C16H10F2N2O3S/c17-8-1-2-10(18)9(5-8)15(21)20-16-19-11-6-12-13(7-14(11)24-16)23-4-3-22-12/h1-2,5-7H,3-4H2,(H,19,20,21). The molecule has 4 rings (SSSR count). The maximum atomic E-state index is 13.7. The summed E-state index contributed by atoms with van der Waals surface area (Å²) < 4.78 is 38.6. The molecule has 2 aromatic carbocycles. The van der Waals surface area contributed by atoms with Crippen LogP contribution in [0.3, 0.4) is 0 Å². The van der Waals surface area contributed by atoms with Gasteiger partial charge in [0.25, 0.3) is 5.91 Å². The number of thiazole rings is 1. The maximum Gasteiger partial charge on any atom is 0.260 e. The van der Waals surface area contributed by atoms with E-state index in [2.05, 4.69) is 10.3 Å². The molecule has 0 fully saturated rings. The molecule has 0 saturated heterocycles. The van der Waals surface area contributed by atoms with E-state index in [9.17, 15) is 13.6 Å². The summed E-state index contributed by atoms with van der Waals surface area (Å²) in [6.07, 6.45) is 0. The zero-order valence-corrected chi connectivity index (χ0v) is 13.0. The lowest BCUT2D eigenvalue weighted by atomic mass is 10.2. The summed E-state index contributed by atoms with van der Waals surface area (Å²) in [6, 6.07) is 6.21. The maximum absolute atomic E-state index is 13.7. The minimum atomic E-state index is -0.799. The smallest absolute Gasteiger partial charge is 0.260 e. The molecule has 3 aromatic rings. The molecule has 0 radical (unpaired) electrons. The molecule has 0 unspecified atom stereocenters. The number of aromatic nitrogens is 1. The van der Waals surface area contributed by atoms with Crippen molar-refractivity contribution in [2.45, 2.75) is 0 Å². The number of hydrogen-bond donors (Lipinski definition) is 1. The van der Waals surface area contributed by atoms with Crippen LogP contribution in [-0.4, -0.2) is 24.1 Å². The van der Waals surface area contributed by atoms with Gasteiger partial charge in [0.2, 0.25) is 0 Å². The van der Waals surface area contributed by atoms with Gasteiger partial charge < -0.3 is 9.47 Å². The number of carbonyl (C=O) groups is 1. The van der Waals surface area contributed by atoms with E-state index in [4.69, 9.17) is 9.47 Å². The molecule has 8 heteroatoms. The van der Waals surface area contributed by atoms with Crippen LogP contribution in [0.15, 0.2) is 30.3 Å². The van der Waals surface area contributed by atoms with Gasteiger partial charge in [0, 0.05) is 12.1 Å². The molecule has 1 amide bonds. The highest BCUT2D eigenvalue weighted by atomic mass is 32.1. The average Bonchev–Trinajstić information content (AvgIpc) is 2.95. The average molecular weight is 348 g/mol. The first kappa shape index (κ1) is 14.8. The number of ether oxygens (including phenoxy) is 2. The lowest BCUT2D eigenvalue weighted by Crippen LogP contribution is -2.15. The van der Waals surface area contributed by atoms with E-state index in [1.807, 2.05) is 0 Å². The number of nitrogens with zero attached hydrogens (tertiary/aromatic N) is 1. The predicted octanol–water partition coefficient (Wildman–Crippen LogP) is 3.60.